The van der Waals surface area contributed by atoms with Gasteiger partial charge in [0.15, 0.2) is 11.6 Å². The van der Waals surface area contributed by atoms with Crippen molar-refractivity contribution in [2.45, 2.75) is 44.2 Å². The Morgan fingerprint density at radius 3 is 2.89 bits per heavy atom. The second-order valence-electron chi connectivity index (χ2n) is 11.2. The van der Waals surface area contributed by atoms with Gasteiger partial charge in [-0.3, -0.25) is 15.2 Å². The fraction of sp³-hybridized carbons (Fsp3) is 0.414. The maximum Gasteiger partial charge on any atom is 0.409 e. The number of aliphatic hydroxyl groups is 1. The SMILES string of the molecule is N#Cc1c(NC(=O)O)sc2c(F)cnc(-c3c4c(c5c(NCCO)nc(OC[C@@]67CCCN6C[C@H](F)C7)nc5c3F)COC4)c12. The van der Waals surface area contributed by atoms with Gasteiger partial charge >= 0.3 is 12.1 Å². The Hall–Kier alpha value is -4.30. The number of rotatable bonds is 8. The van der Waals surface area contributed by atoms with Gasteiger partial charge in [0.05, 0.1) is 52.9 Å². The third-order valence-corrected chi connectivity index (χ3v) is 9.76. The lowest BCUT2D eigenvalue weighted by Crippen LogP contribution is -2.43. The van der Waals surface area contributed by atoms with Crippen LogP contribution in [0.5, 0.6) is 6.01 Å². The van der Waals surface area contributed by atoms with E-state index in [1.165, 1.54) is 0 Å². The monoisotopic (exact) mass is 641 g/mol. The maximum atomic E-state index is 16.9. The number of aromatic nitrogens is 3. The first kappa shape index (κ1) is 29.4. The summed E-state index contributed by atoms with van der Waals surface area (Å²) in [4.78, 5) is 26.6. The average Bonchev–Trinajstić information content (AvgIpc) is 3.78. The Bertz CT molecular complexity index is 1920. The highest BCUT2D eigenvalue weighted by atomic mass is 32.1. The summed E-state index contributed by atoms with van der Waals surface area (Å²) in [6, 6.07) is 1.75. The van der Waals surface area contributed by atoms with Gasteiger partial charge in [-0.2, -0.15) is 15.2 Å². The summed E-state index contributed by atoms with van der Waals surface area (Å²) < 4.78 is 58.0. The van der Waals surface area contributed by atoms with Crippen LogP contribution in [0.15, 0.2) is 6.20 Å². The van der Waals surface area contributed by atoms with E-state index in [1.54, 1.807) is 0 Å². The summed E-state index contributed by atoms with van der Waals surface area (Å²) in [5.74, 6) is -1.47. The number of amides is 1. The Morgan fingerprint density at radius 2 is 2.11 bits per heavy atom. The maximum absolute atomic E-state index is 16.9. The number of halogens is 3. The van der Waals surface area contributed by atoms with Gasteiger partial charge in [-0.05, 0) is 30.5 Å². The summed E-state index contributed by atoms with van der Waals surface area (Å²) >= 11 is 0.702. The molecule has 1 amide bonds. The fourth-order valence-corrected chi connectivity index (χ4v) is 7.87. The van der Waals surface area contributed by atoms with Crippen LogP contribution >= 0.6 is 11.3 Å². The first-order valence-electron chi connectivity index (χ1n) is 14.3. The van der Waals surface area contributed by atoms with E-state index in [0.29, 0.717) is 40.8 Å². The van der Waals surface area contributed by atoms with Crippen molar-refractivity contribution in [2.75, 3.05) is 43.5 Å². The number of thiophene rings is 1. The van der Waals surface area contributed by atoms with Crippen molar-refractivity contribution < 1.29 is 37.7 Å². The van der Waals surface area contributed by atoms with Gasteiger partial charge in [0.2, 0.25) is 0 Å². The number of hydrogen-bond donors (Lipinski definition) is 4. The fourth-order valence-electron chi connectivity index (χ4n) is 6.82. The van der Waals surface area contributed by atoms with Crippen molar-refractivity contribution in [1.29, 1.82) is 5.26 Å². The Kier molecular flexibility index (Phi) is 7.35. The van der Waals surface area contributed by atoms with E-state index in [1.807, 2.05) is 6.07 Å². The van der Waals surface area contributed by atoms with Crippen molar-refractivity contribution in [3.05, 3.63) is 34.5 Å². The molecule has 3 aromatic heterocycles. The first-order chi connectivity index (χ1) is 21.7. The van der Waals surface area contributed by atoms with Gasteiger partial charge in [0.25, 0.3) is 0 Å². The quantitative estimate of drug-likeness (QED) is 0.213. The van der Waals surface area contributed by atoms with Gasteiger partial charge in [-0.15, -0.1) is 11.3 Å². The number of ether oxygens (including phenoxy) is 2. The van der Waals surface area contributed by atoms with Gasteiger partial charge in [-0.25, -0.2) is 18.0 Å². The van der Waals surface area contributed by atoms with E-state index in [0.717, 1.165) is 25.6 Å². The molecule has 4 aromatic rings. The highest BCUT2D eigenvalue weighted by molar-refractivity contribution is 7.23. The van der Waals surface area contributed by atoms with Crippen LogP contribution in [0, 0.1) is 23.0 Å². The zero-order valence-corrected chi connectivity index (χ0v) is 24.4. The number of pyridine rings is 1. The standard InChI is InChI=1S/C29H26F3N7O5S/c30-13-6-29(2-1-4-39(29)9-13)12-44-27-36-23-20(25(37-27)34-3-5-40)16-11-43-10-15(16)18(21(23)32)22-19-14(7-33)26(38-28(41)42)45-24(19)17(31)8-35-22/h8,13,38,40H,1-6,9-12H2,(H,41,42)(H,34,36,37)/t13-,29+/m1/s1. The van der Waals surface area contributed by atoms with Crippen molar-refractivity contribution in [3.8, 4) is 23.3 Å². The molecule has 2 saturated heterocycles. The van der Waals surface area contributed by atoms with E-state index < -0.39 is 29.4 Å². The number of hydrogen-bond acceptors (Lipinski definition) is 11. The summed E-state index contributed by atoms with van der Waals surface area (Å²) in [5.41, 5.74) is -0.117. The van der Waals surface area contributed by atoms with Crippen LogP contribution in [-0.4, -0.2) is 80.7 Å². The molecule has 45 heavy (non-hydrogen) atoms. The number of nitriles is 1. The molecule has 6 heterocycles. The Labute approximate surface area is 257 Å². The van der Waals surface area contributed by atoms with E-state index in [9.17, 15) is 29.1 Å². The lowest BCUT2D eigenvalue weighted by atomic mass is 9.93. The van der Waals surface area contributed by atoms with E-state index in [2.05, 4.69) is 30.5 Å². The molecule has 0 saturated carbocycles. The summed E-state index contributed by atoms with van der Waals surface area (Å²) in [5, 5.41) is 34.0. The van der Waals surface area contributed by atoms with Crippen LogP contribution in [0.3, 0.4) is 0 Å². The normalized spacial score (nSPS) is 20.8. The number of alkyl halides is 1. The molecule has 12 nitrogen and oxygen atoms in total. The molecule has 234 valence electrons. The molecule has 1 aromatic carbocycles. The van der Waals surface area contributed by atoms with Gasteiger partial charge in [0.1, 0.15) is 35.2 Å². The largest absolute Gasteiger partial charge is 0.465 e. The third kappa shape index (κ3) is 4.78. The number of carboxylic acid groups (broad SMARTS) is 1. The smallest absolute Gasteiger partial charge is 0.409 e. The molecule has 0 aliphatic carbocycles. The van der Waals surface area contributed by atoms with Crippen LogP contribution in [0.4, 0.5) is 28.8 Å². The van der Waals surface area contributed by atoms with Crippen molar-refractivity contribution in [1.82, 2.24) is 19.9 Å². The van der Waals surface area contributed by atoms with E-state index in [4.69, 9.17) is 9.47 Å². The highest BCUT2D eigenvalue weighted by Crippen LogP contribution is 2.47. The molecule has 7 rings (SSSR count). The first-order valence-corrected chi connectivity index (χ1v) is 15.1. The lowest BCUT2D eigenvalue weighted by molar-refractivity contribution is 0.107. The minimum Gasteiger partial charge on any atom is -0.465 e. The molecule has 0 radical (unpaired) electrons. The number of nitrogens with one attached hydrogen (secondary N) is 2. The second-order valence-corrected chi connectivity index (χ2v) is 12.3. The van der Waals surface area contributed by atoms with Crippen LogP contribution in [-0.2, 0) is 18.0 Å². The van der Waals surface area contributed by atoms with Crippen molar-refractivity contribution in [3.63, 3.8) is 0 Å². The third-order valence-electron chi connectivity index (χ3n) is 8.65. The summed E-state index contributed by atoms with van der Waals surface area (Å²) in [6.07, 6.45) is 0.418. The lowest BCUT2D eigenvalue weighted by Gasteiger charge is -2.30. The van der Waals surface area contributed by atoms with Gasteiger partial charge in [-0.1, -0.05) is 0 Å². The van der Waals surface area contributed by atoms with Crippen LogP contribution in [0.25, 0.3) is 32.2 Å². The number of benzene rings is 1. The summed E-state index contributed by atoms with van der Waals surface area (Å²) in [7, 11) is 0. The number of aliphatic hydroxyl groups excluding tert-OH is 1. The van der Waals surface area contributed by atoms with E-state index in [-0.39, 0.29) is 82.2 Å². The minimum absolute atomic E-state index is 0.0369. The predicted molar refractivity (Wildman–Crippen MR) is 157 cm³/mol. The average molecular weight is 642 g/mol. The van der Waals surface area contributed by atoms with Gasteiger partial charge < -0.3 is 25.0 Å². The molecule has 16 heteroatoms. The Balaban J connectivity index is 1.42. The predicted octanol–water partition coefficient (Wildman–Crippen LogP) is 4.54. The topological polar surface area (TPSA) is 166 Å². The van der Waals surface area contributed by atoms with Crippen LogP contribution in [0.1, 0.15) is 36.0 Å². The van der Waals surface area contributed by atoms with Crippen LogP contribution in [0.2, 0.25) is 0 Å². The zero-order valence-electron chi connectivity index (χ0n) is 23.6. The highest BCUT2D eigenvalue weighted by Gasteiger charge is 2.49. The van der Waals surface area contributed by atoms with Crippen molar-refractivity contribution >= 4 is 49.2 Å². The molecule has 2 fully saturated rings. The molecule has 0 unspecified atom stereocenters. The Morgan fingerprint density at radius 1 is 1.29 bits per heavy atom. The summed E-state index contributed by atoms with van der Waals surface area (Å²) in [6.45, 7) is 1.04. The number of fused-ring (bicyclic) bond motifs is 5. The van der Waals surface area contributed by atoms with Crippen LogP contribution < -0.4 is 15.4 Å². The van der Waals surface area contributed by atoms with Gasteiger partial charge in [0, 0.05) is 30.5 Å². The molecular formula is C29H26F3N7O5S. The zero-order chi connectivity index (χ0) is 31.5. The molecule has 4 N–H and O–H groups in total. The second kappa shape index (κ2) is 11.2. The minimum atomic E-state index is -1.45. The molecular weight excluding hydrogens is 615 g/mol. The molecule has 3 aliphatic heterocycles. The molecule has 3 aliphatic rings. The van der Waals surface area contributed by atoms with E-state index >= 15 is 4.39 Å². The number of nitrogens with zero attached hydrogens (tertiary/aromatic N) is 5. The van der Waals surface area contributed by atoms with Crippen molar-refractivity contribution in [2.24, 2.45) is 0 Å². The number of carbonyl (C=O) groups is 1. The molecule has 0 bridgehead atoms. The molecule has 0 spiro atoms. The number of anilines is 2. The molecule has 2 atom stereocenters.